The van der Waals surface area contributed by atoms with Gasteiger partial charge in [-0.25, -0.2) is 4.98 Å². The van der Waals surface area contributed by atoms with E-state index in [1.807, 2.05) is 48.5 Å². The minimum absolute atomic E-state index is 0.103. The van der Waals surface area contributed by atoms with Crippen molar-refractivity contribution in [3.05, 3.63) is 90.3 Å². The average Bonchev–Trinajstić information content (AvgIpc) is 3.14. The Labute approximate surface area is 178 Å². The fraction of sp³-hybridized carbons (Fsp3) is 0.269. The molecule has 154 valence electrons. The summed E-state index contributed by atoms with van der Waals surface area (Å²) in [5.41, 5.74) is 3.33. The Hall–Kier alpha value is -3.27. The maximum Gasteiger partial charge on any atom is 0.156 e. The predicted octanol–water partition coefficient (Wildman–Crippen LogP) is 6.34. The summed E-state index contributed by atoms with van der Waals surface area (Å²) in [7, 11) is 0. The number of ether oxygens (including phenoxy) is 2. The number of imidazole rings is 1. The summed E-state index contributed by atoms with van der Waals surface area (Å²) in [4.78, 5) is 4.94. The smallest absolute Gasteiger partial charge is 0.156 e. The molecule has 0 spiro atoms. The van der Waals surface area contributed by atoms with E-state index in [9.17, 15) is 0 Å². The van der Waals surface area contributed by atoms with E-state index in [0.29, 0.717) is 6.61 Å². The molecule has 0 aliphatic rings. The predicted molar refractivity (Wildman–Crippen MR) is 121 cm³/mol. The second-order valence-corrected chi connectivity index (χ2v) is 7.46. The van der Waals surface area contributed by atoms with E-state index in [-0.39, 0.29) is 6.10 Å². The maximum absolute atomic E-state index is 6.36. The molecule has 0 bridgehead atoms. The molecule has 1 unspecified atom stereocenters. The van der Waals surface area contributed by atoms with Gasteiger partial charge in [-0.05, 0) is 61.7 Å². The first-order chi connectivity index (χ1) is 14.7. The SMILES string of the molecule is CCC(Oc1cccc(C)c1)c1nc2ccccc2n1CCCOc1ccccc1. The van der Waals surface area contributed by atoms with Crippen LogP contribution in [0.3, 0.4) is 0 Å². The van der Waals surface area contributed by atoms with Gasteiger partial charge in [0.2, 0.25) is 0 Å². The maximum atomic E-state index is 6.36. The molecule has 0 N–H and O–H groups in total. The lowest BCUT2D eigenvalue weighted by Gasteiger charge is -2.19. The van der Waals surface area contributed by atoms with Crippen LogP contribution in [0.15, 0.2) is 78.9 Å². The van der Waals surface area contributed by atoms with Crippen LogP contribution in [-0.4, -0.2) is 16.2 Å². The molecule has 4 heteroatoms. The summed E-state index contributed by atoms with van der Waals surface area (Å²) >= 11 is 0. The van der Waals surface area contributed by atoms with E-state index in [1.165, 1.54) is 5.56 Å². The van der Waals surface area contributed by atoms with Gasteiger partial charge in [0, 0.05) is 6.54 Å². The first-order valence-corrected chi connectivity index (χ1v) is 10.6. The van der Waals surface area contributed by atoms with Crippen molar-refractivity contribution in [2.45, 2.75) is 39.3 Å². The number of fused-ring (bicyclic) bond motifs is 1. The molecule has 4 rings (SSSR count). The van der Waals surface area contributed by atoms with Gasteiger partial charge in [-0.15, -0.1) is 0 Å². The van der Waals surface area contributed by atoms with Crippen molar-refractivity contribution >= 4 is 11.0 Å². The Morgan fingerprint density at radius 3 is 2.47 bits per heavy atom. The highest BCUT2D eigenvalue weighted by Gasteiger charge is 2.20. The monoisotopic (exact) mass is 400 g/mol. The second-order valence-electron chi connectivity index (χ2n) is 7.46. The summed E-state index contributed by atoms with van der Waals surface area (Å²) in [6.07, 6.45) is 1.63. The van der Waals surface area contributed by atoms with Crippen molar-refractivity contribution in [3.8, 4) is 11.5 Å². The molecule has 0 amide bonds. The van der Waals surface area contributed by atoms with Crippen LogP contribution < -0.4 is 9.47 Å². The summed E-state index contributed by atoms with van der Waals surface area (Å²) < 4.78 is 14.5. The third-order valence-corrected chi connectivity index (χ3v) is 5.15. The first-order valence-electron chi connectivity index (χ1n) is 10.6. The van der Waals surface area contributed by atoms with Gasteiger partial charge in [-0.3, -0.25) is 0 Å². The molecule has 1 atom stereocenters. The zero-order valence-corrected chi connectivity index (χ0v) is 17.6. The molecule has 0 aliphatic heterocycles. The van der Waals surface area contributed by atoms with E-state index in [4.69, 9.17) is 14.5 Å². The Kier molecular flexibility index (Phi) is 6.33. The fourth-order valence-corrected chi connectivity index (χ4v) is 3.68. The highest BCUT2D eigenvalue weighted by molar-refractivity contribution is 5.76. The van der Waals surface area contributed by atoms with Gasteiger partial charge in [0.1, 0.15) is 11.5 Å². The Morgan fingerprint density at radius 1 is 0.900 bits per heavy atom. The molecule has 0 fully saturated rings. The van der Waals surface area contributed by atoms with Crippen LogP contribution in [0.4, 0.5) is 0 Å². The van der Waals surface area contributed by atoms with Gasteiger partial charge in [0.05, 0.1) is 17.6 Å². The van der Waals surface area contributed by atoms with Gasteiger partial charge in [-0.2, -0.15) is 0 Å². The minimum Gasteiger partial charge on any atom is -0.494 e. The molecular formula is C26H28N2O2. The number of aryl methyl sites for hydroxylation is 2. The highest BCUT2D eigenvalue weighted by Crippen LogP contribution is 2.28. The van der Waals surface area contributed by atoms with Crippen LogP contribution in [0.25, 0.3) is 11.0 Å². The van der Waals surface area contributed by atoms with E-state index in [1.54, 1.807) is 0 Å². The fourth-order valence-electron chi connectivity index (χ4n) is 3.68. The standard InChI is InChI=1S/C26H28N2O2/c1-3-25(30-22-14-9-11-20(2)19-22)26-27-23-15-7-8-16-24(23)28(26)17-10-18-29-21-12-5-4-6-13-21/h4-9,11-16,19,25H,3,10,17-18H2,1-2H3. The number of hydrogen-bond donors (Lipinski definition) is 0. The number of hydrogen-bond acceptors (Lipinski definition) is 3. The summed E-state index contributed by atoms with van der Waals surface area (Å²) in [6, 6.07) is 26.4. The van der Waals surface area contributed by atoms with Gasteiger partial charge in [0.25, 0.3) is 0 Å². The lowest BCUT2D eigenvalue weighted by atomic mass is 10.2. The molecule has 0 radical (unpaired) electrons. The first kappa shape index (κ1) is 20.0. The normalized spacial score (nSPS) is 12.1. The number of nitrogens with zero attached hydrogens (tertiary/aromatic N) is 2. The zero-order chi connectivity index (χ0) is 20.8. The lowest BCUT2D eigenvalue weighted by molar-refractivity contribution is 0.185. The van der Waals surface area contributed by atoms with Crippen molar-refractivity contribution in [1.29, 1.82) is 0 Å². The van der Waals surface area contributed by atoms with Crippen LogP contribution in [-0.2, 0) is 6.54 Å². The van der Waals surface area contributed by atoms with E-state index in [0.717, 1.165) is 47.7 Å². The molecule has 3 aromatic carbocycles. The second kappa shape index (κ2) is 9.49. The van der Waals surface area contributed by atoms with Crippen molar-refractivity contribution in [1.82, 2.24) is 9.55 Å². The van der Waals surface area contributed by atoms with Crippen molar-refractivity contribution in [2.24, 2.45) is 0 Å². The van der Waals surface area contributed by atoms with Crippen LogP contribution in [0.1, 0.15) is 37.3 Å². The summed E-state index contributed by atoms with van der Waals surface area (Å²) in [5, 5.41) is 0. The molecule has 4 nitrogen and oxygen atoms in total. The highest BCUT2D eigenvalue weighted by atomic mass is 16.5. The van der Waals surface area contributed by atoms with Crippen LogP contribution in [0.5, 0.6) is 11.5 Å². The van der Waals surface area contributed by atoms with Crippen molar-refractivity contribution in [3.63, 3.8) is 0 Å². The molecular weight excluding hydrogens is 372 g/mol. The lowest BCUT2D eigenvalue weighted by Crippen LogP contribution is -2.15. The number of aromatic nitrogens is 2. The van der Waals surface area contributed by atoms with Crippen molar-refractivity contribution in [2.75, 3.05) is 6.61 Å². The molecule has 1 heterocycles. The third-order valence-electron chi connectivity index (χ3n) is 5.15. The van der Waals surface area contributed by atoms with E-state index >= 15 is 0 Å². The van der Waals surface area contributed by atoms with Gasteiger partial charge >= 0.3 is 0 Å². The van der Waals surface area contributed by atoms with Gasteiger partial charge in [-0.1, -0.05) is 49.4 Å². The largest absolute Gasteiger partial charge is 0.494 e. The van der Waals surface area contributed by atoms with E-state index in [2.05, 4.69) is 48.7 Å². The molecule has 0 saturated heterocycles. The summed E-state index contributed by atoms with van der Waals surface area (Å²) in [5.74, 6) is 2.76. The van der Waals surface area contributed by atoms with Crippen LogP contribution in [0.2, 0.25) is 0 Å². The van der Waals surface area contributed by atoms with Crippen molar-refractivity contribution < 1.29 is 9.47 Å². The zero-order valence-electron chi connectivity index (χ0n) is 17.6. The number of rotatable bonds is 9. The molecule has 1 aromatic heterocycles. The van der Waals surface area contributed by atoms with Gasteiger partial charge in [0.15, 0.2) is 11.9 Å². The molecule has 4 aromatic rings. The van der Waals surface area contributed by atoms with Crippen LogP contribution in [0, 0.1) is 6.92 Å². The Bertz CT molecular complexity index is 1090. The number of benzene rings is 3. The molecule has 0 aliphatic carbocycles. The van der Waals surface area contributed by atoms with Crippen LogP contribution >= 0.6 is 0 Å². The van der Waals surface area contributed by atoms with E-state index < -0.39 is 0 Å². The quantitative estimate of drug-likeness (QED) is 0.307. The molecule has 30 heavy (non-hydrogen) atoms. The average molecular weight is 401 g/mol. The number of para-hydroxylation sites is 3. The third kappa shape index (κ3) is 4.65. The Morgan fingerprint density at radius 2 is 1.67 bits per heavy atom. The topological polar surface area (TPSA) is 36.3 Å². The Balaban J connectivity index is 1.54. The van der Waals surface area contributed by atoms with Gasteiger partial charge < -0.3 is 14.0 Å². The molecule has 0 saturated carbocycles. The summed E-state index contributed by atoms with van der Waals surface area (Å²) in [6.45, 7) is 5.71. The minimum atomic E-state index is -0.103.